The van der Waals surface area contributed by atoms with Gasteiger partial charge in [-0.3, -0.25) is 9.48 Å². The Labute approximate surface area is 128 Å². The second-order valence-electron chi connectivity index (χ2n) is 4.67. The maximum atomic E-state index is 12.4. The number of anilines is 1. The minimum atomic E-state index is -0.286. The molecular weight excluding hydrogens is 290 g/mol. The number of rotatable bonds is 5. The van der Waals surface area contributed by atoms with E-state index in [4.69, 9.17) is 16.3 Å². The van der Waals surface area contributed by atoms with E-state index in [9.17, 15) is 4.79 Å². The Morgan fingerprint density at radius 2 is 2.24 bits per heavy atom. The Kier molecular flexibility index (Phi) is 4.85. The second-order valence-corrected chi connectivity index (χ2v) is 5.05. The van der Waals surface area contributed by atoms with Crippen LogP contribution in [0.2, 0.25) is 5.02 Å². The molecule has 1 amide bonds. The van der Waals surface area contributed by atoms with Gasteiger partial charge in [-0.2, -0.15) is 5.10 Å². The van der Waals surface area contributed by atoms with Gasteiger partial charge in [0.25, 0.3) is 5.91 Å². The number of methoxy groups -OCH3 is 1. The van der Waals surface area contributed by atoms with E-state index in [1.165, 1.54) is 4.68 Å². The molecule has 0 fully saturated rings. The molecule has 0 aliphatic carbocycles. The molecule has 112 valence electrons. The van der Waals surface area contributed by atoms with E-state index < -0.39 is 0 Å². The molecule has 1 aromatic carbocycles. The van der Waals surface area contributed by atoms with E-state index in [1.807, 2.05) is 19.1 Å². The molecule has 0 atom stereocenters. The molecule has 0 aliphatic rings. The Balaban J connectivity index is 2.24. The van der Waals surface area contributed by atoms with Gasteiger partial charge in [-0.15, -0.1) is 0 Å². The number of hydrogen-bond acceptors (Lipinski definition) is 3. The number of nitrogens with zero attached hydrogens (tertiary/aromatic N) is 2. The second kappa shape index (κ2) is 6.63. The maximum absolute atomic E-state index is 12.4. The Morgan fingerprint density at radius 1 is 1.48 bits per heavy atom. The van der Waals surface area contributed by atoms with Crippen molar-refractivity contribution >= 4 is 23.2 Å². The van der Waals surface area contributed by atoms with Crippen molar-refractivity contribution in [2.24, 2.45) is 7.05 Å². The Hall–Kier alpha value is -2.01. The summed E-state index contributed by atoms with van der Waals surface area (Å²) in [6, 6.07) is 7.15. The molecule has 2 aromatic rings. The van der Waals surface area contributed by atoms with Crippen LogP contribution in [0.15, 0.2) is 24.3 Å². The highest BCUT2D eigenvalue weighted by Crippen LogP contribution is 2.23. The number of amides is 1. The molecule has 2 rings (SSSR count). The van der Waals surface area contributed by atoms with Gasteiger partial charge in [0, 0.05) is 18.8 Å². The topological polar surface area (TPSA) is 56.2 Å². The lowest BCUT2D eigenvalue weighted by Gasteiger charge is -2.07. The van der Waals surface area contributed by atoms with Gasteiger partial charge in [0.2, 0.25) is 0 Å². The fourth-order valence-electron chi connectivity index (χ4n) is 2.09. The van der Waals surface area contributed by atoms with E-state index in [0.29, 0.717) is 22.2 Å². The van der Waals surface area contributed by atoms with E-state index in [1.54, 1.807) is 26.3 Å². The molecule has 0 spiro atoms. The third-order valence-electron chi connectivity index (χ3n) is 3.09. The monoisotopic (exact) mass is 307 g/mol. The van der Waals surface area contributed by atoms with E-state index >= 15 is 0 Å². The van der Waals surface area contributed by atoms with E-state index in [-0.39, 0.29) is 5.91 Å². The van der Waals surface area contributed by atoms with Gasteiger partial charge in [0.15, 0.2) is 0 Å². The molecule has 5 nitrogen and oxygen atoms in total. The number of carbonyl (C=O) groups is 1. The molecule has 21 heavy (non-hydrogen) atoms. The first kappa shape index (κ1) is 15.4. The lowest BCUT2D eigenvalue weighted by Crippen LogP contribution is -2.16. The number of carbonyl (C=O) groups excluding carboxylic acids is 1. The van der Waals surface area contributed by atoms with Gasteiger partial charge < -0.3 is 10.1 Å². The van der Waals surface area contributed by atoms with Gasteiger partial charge in [0.05, 0.1) is 17.8 Å². The molecule has 0 radical (unpaired) electrons. The van der Waals surface area contributed by atoms with Crippen molar-refractivity contribution in [3.63, 3.8) is 0 Å². The predicted molar refractivity (Wildman–Crippen MR) is 83.2 cm³/mol. The van der Waals surface area contributed by atoms with Crippen molar-refractivity contribution in [2.75, 3.05) is 12.4 Å². The minimum absolute atomic E-state index is 0.286. The fraction of sp³-hybridized carbons (Fsp3) is 0.333. The molecule has 0 bridgehead atoms. The summed E-state index contributed by atoms with van der Waals surface area (Å²) in [6.45, 7) is 2.04. The first-order valence-electron chi connectivity index (χ1n) is 6.73. The van der Waals surface area contributed by atoms with Gasteiger partial charge in [-0.25, -0.2) is 0 Å². The van der Waals surface area contributed by atoms with Crippen molar-refractivity contribution in [1.29, 1.82) is 0 Å². The summed E-state index contributed by atoms with van der Waals surface area (Å²) in [5, 5.41) is 7.52. The highest BCUT2D eigenvalue weighted by Gasteiger charge is 2.20. The predicted octanol–water partition coefficient (Wildman–Crippen LogP) is 3.29. The number of aromatic nitrogens is 2. The summed E-state index contributed by atoms with van der Waals surface area (Å²) >= 11 is 6.26. The fourth-order valence-corrected chi connectivity index (χ4v) is 2.43. The van der Waals surface area contributed by atoms with Crippen molar-refractivity contribution in [3.8, 4) is 5.75 Å². The van der Waals surface area contributed by atoms with Crippen molar-refractivity contribution < 1.29 is 9.53 Å². The lowest BCUT2D eigenvalue weighted by molar-refractivity contribution is 0.101. The number of ether oxygens (including phenoxy) is 1. The number of aryl methyl sites for hydroxylation is 2. The summed E-state index contributed by atoms with van der Waals surface area (Å²) in [5.41, 5.74) is 1.76. The van der Waals surface area contributed by atoms with Gasteiger partial charge >= 0.3 is 0 Å². The first-order chi connectivity index (χ1) is 10.1. The van der Waals surface area contributed by atoms with Gasteiger partial charge in [-0.05, 0) is 18.6 Å². The van der Waals surface area contributed by atoms with Crippen LogP contribution in [0.25, 0.3) is 0 Å². The van der Waals surface area contributed by atoms with Crippen LogP contribution in [-0.2, 0) is 13.5 Å². The van der Waals surface area contributed by atoms with Crippen LogP contribution in [0.3, 0.4) is 0 Å². The average molecular weight is 308 g/mol. The minimum Gasteiger partial charge on any atom is -0.497 e. The number of benzene rings is 1. The van der Waals surface area contributed by atoms with E-state index in [0.717, 1.165) is 18.5 Å². The molecule has 0 saturated heterocycles. The zero-order valence-corrected chi connectivity index (χ0v) is 13.1. The standard InChI is InChI=1S/C15H18ClN3O2/c1-4-6-12-13(16)14(19(2)18-12)15(20)17-10-7-5-8-11(9-10)21-3/h5,7-9H,4,6H2,1-3H3,(H,17,20). The number of halogens is 1. The molecule has 1 aromatic heterocycles. The van der Waals surface area contributed by atoms with Crippen LogP contribution in [-0.4, -0.2) is 22.8 Å². The summed E-state index contributed by atoms with van der Waals surface area (Å²) in [6.07, 6.45) is 1.67. The smallest absolute Gasteiger partial charge is 0.275 e. The van der Waals surface area contributed by atoms with Crippen LogP contribution >= 0.6 is 11.6 Å². The number of nitrogens with one attached hydrogen (secondary N) is 1. The zero-order valence-electron chi connectivity index (χ0n) is 12.3. The van der Waals surface area contributed by atoms with Crippen LogP contribution in [0, 0.1) is 0 Å². The summed E-state index contributed by atoms with van der Waals surface area (Å²) in [7, 11) is 3.29. The van der Waals surface area contributed by atoms with Crippen LogP contribution in [0.1, 0.15) is 29.5 Å². The molecule has 1 heterocycles. The van der Waals surface area contributed by atoms with Crippen molar-refractivity contribution in [2.45, 2.75) is 19.8 Å². The number of hydrogen-bond donors (Lipinski definition) is 1. The summed E-state index contributed by atoms with van der Waals surface area (Å²) < 4.78 is 6.65. The molecule has 0 aliphatic heterocycles. The Morgan fingerprint density at radius 3 is 2.90 bits per heavy atom. The molecule has 6 heteroatoms. The van der Waals surface area contributed by atoms with Crippen LogP contribution < -0.4 is 10.1 Å². The van der Waals surface area contributed by atoms with Crippen LogP contribution in [0.5, 0.6) is 5.75 Å². The Bertz CT molecular complexity index is 652. The highest BCUT2D eigenvalue weighted by atomic mass is 35.5. The third kappa shape index (κ3) is 3.36. The normalized spacial score (nSPS) is 10.5. The van der Waals surface area contributed by atoms with Crippen LogP contribution in [0.4, 0.5) is 5.69 Å². The largest absolute Gasteiger partial charge is 0.497 e. The molecule has 1 N–H and O–H groups in total. The molecular formula is C15H18ClN3O2. The quantitative estimate of drug-likeness (QED) is 0.922. The SMILES string of the molecule is CCCc1nn(C)c(C(=O)Nc2cccc(OC)c2)c1Cl. The zero-order chi connectivity index (χ0) is 15.4. The van der Waals surface area contributed by atoms with Gasteiger partial charge in [0.1, 0.15) is 11.4 Å². The van der Waals surface area contributed by atoms with E-state index in [2.05, 4.69) is 10.4 Å². The van der Waals surface area contributed by atoms with Crippen molar-refractivity contribution in [3.05, 3.63) is 40.7 Å². The summed E-state index contributed by atoms with van der Waals surface area (Å²) in [4.78, 5) is 12.4. The highest BCUT2D eigenvalue weighted by molar-refractivity contribution is 6.34. The van der Waals surface area contributed by atoms with Crippen molar-refractivity contribution in [1.82, 2.24) is 9.78 Å². The lowest BCUT2D eigenvalue weighted by atomic mass is 10.2. The maximum Gasteiger partial charge on any atom is 0.275 e. The first-order valence-corrected chi connectivity index (χ1v) is 7.11. The van der Waals surface area contributed by atoms with Gasteiger partial charge in [-0.1, -0.05) is 31.0 Å². The molecule has 0 unspecified atom stereocenters. The average Bonchev–Trinajstić information content (AvgIpc) is 2.74. The molecule has 0 saturated carbocycles. The summed E-state index contributed by atoms with van der Waals surface area (Å²) in [5.74, 6) is 0.390. The third-order valence-corrected chi connectivity index (χ3v) is 3.48.